The van der Waals surface area contributed by atoms with Crippen LogP contribution in [0.25, 0.3) is 0 Å². The number of hydrogen-bond acceptors (Lipinski definition) is 6. The molecule has 43 heavy (non-hydrogen) atoms. The first-order chi connectivity index (χ1) is 21.3. The maximum atomic E-state index is 6.69. The van der Waals surface area contributed by atoms with Crippen LogP contribution in [-0.4, -0.2) is 43.9 Å². The third-order valence-corrected chi connectivity index (χ3v) is 7.55. The minimum Gasteiger partial charge on any atom is -0.374 e. The summed E-state index contributed by atoms with van der Waals surface area (Å²) in [6.45, 7) is 2.05. The Balaban J connectivity index is 1.28. The maximum Gasteiger partial charge on any atom is 0.188 e. The lowest BCUT2D eigenvalue weighted by atomic mass is 9.97. The molecule has 2 aliphatic heterocycles. The van der Waals surface area contributed by atoms with Crippen molar-refractivity contribution < 1.29 is 28.4 Å². The van der Waals surface area contributed by atoms with Gasteiger partial charge >= 0.3 is 0 Å². The predicted molar refractivity (Wildman–Crippen MR) is 163 cm³/mol. The normalized spacial score (nSPS) is 23.3. The number of fused-ring (bicyclic) bond motifs is 2. The summed E-state index contributed by atoms with van der Waals surface area (Å²) >= 11 is 0. The molecule has 6 rings (SSSR count). The summed E-state index contributed by atoms with van der Waals surface area (Å²) in [5.74, 6) is 6.35. The SMILES string of the molecule is C1#Cc2ccccc2CO[C@H]2[C@H](OC1)O[C@H](COCc1ccccc1)[C@@H](OCc1ccccc1)[C@@H]2OCc1ccccc1. The highest BCUT2D eigenvalue weighted by Gasteiger charge is 2.49. The van der Waals surface area contributed by atoms with Crippen LogP contribution in [-0.2, 0) is 54.8 Å². The molecule has 0 spiro atoms. The molecule has 0 bridgehead atoms. The Morgan fingerprint density at radius 2 is 1.21 bits per heavy atom. The van der Waals surface area contributed by atoms with Crippen molar-refractivity contribution in [3.8, 4) is 11.8 Å². The lowest BCUT2D eigenvalue weighted by molar-refractivity contribution is -0.326. The molecule has 0 saturated carbocycles. The molecule has 1 fully saturated rings. The molecule has 0 amide bonds. The van der Waals surface area contributed by atoms with Gasteiger partial charge in [-0.15, -0.1) is 0 Å². The lowest BCUT2D eigenvalue weighted by Gasteiger charge is -2.45. The zero-order valence-electron chi connectivity index (χ0n) is 24.0. The summed E-state index contributed by atoms with van der Waals surface area (Å²) in [5, 5.41) is 0. The quantitative estimate of drug-likeness (QED) is 0.214. The van der Waals surface area contributed by atoms with Gasteiger partial charge in [-0.05, 0) is 28.3 Å². The zero-order chi connectivity index (χ0) is 29.1. The molecule has 0 radical (unpaired) electrons. The largest absolute Gasteiger partial charge is 0.374 e. The monoisotopic (exact) mass is 576 g/mol. The highest BCUT2D eigenvalue weighted by molar-refractivity contribution is 5.41. The van der Waals surface area contributed by atoms with Gasteiger partial charge in [0.15, 0.2) is 6.29 Å². The summed E-state index contributed by atoms with van der Waals surface area (Å²) < 4.78 is 38.9. The second-order valence-electron chi connectivity index (χ2n) is 10.6. The molecule has 2 heterocycles. The predicted octanol–water partition coefficient (Wildman–Crippen LogP) is 6.07. The standard InChI is InChI=1S/C37H36O6/c1-4-13-28(14-5-1)23-38-27-33-34(40-24-29-15-6-2-7-16-29)35(41-25-30-17-8-3-9-18-30)36-37(43-33)39-22-12-21-31-19-10-11-20-32(31)26-42-36/h1-11,13-20,33-37H,22-27H2/t33-,34-,35+,36-,37-/m1/s1. The second-order valence-corrected chi connectivity index (χ2v) is 10.6. The van der Waals surface area contributed by atoms with E-state index in [4.69, 9.17) is 28.4 Å². The van der Waals surface area contributed by atoms with Crippen LogP contribution in [0.3, 0.4) is 0 Å². The van der Waals surface area contributed by atoms with Gasteiger partial charge in [0.05, 0.1) is 33.0 Å². The second kappa shape index (κ2) is 15.1. The van der Waals surface area contributed by atoms with E-state index in [0.717, 1.165) is 27.8 Å². The van der Waals surface area contributed by atoms with Crippen LogP contribution in [0.5, 0.6) is 0 Å². The Kier molecular flexibility index (Phi) is 10.3. The molecule has 0 N–H and O–H groups in total. The molecule has 0 aliphatic carbocycles. The van der Waals surface area contributed by atoms with E-state index < -0.39 is 30.7 Å². The molecule has 6 nitrogen and oxygen atoms in total. The molecule has 220 valence electrons. The Bertz CT molecular complexity index is 1470. The van der Waals surface area contributed by atoms with Gasteiger partial charge in [-0.2, -0.15) is 0 Å². The van der Waals surface area contributed by atoms with Crippen LogP contribution in [0.4, 0.5) is 0 Å². The van der Waals surface area contributed by atoms with Gasteiger partial charge in [-0.25, -0.2) is 0 Å². The van der Waals surface area contributed by atoms with Gasteiger partial charge in [0.2, 0.25) is 0 Å². The van der Waals surface area contributed by atoms with Gasteiger partial charge in [0.1, 0.15) is 31.0 Å². The fraction of sp³-hybridized carbons (Fsp3) is 0.297. The topological polar surface area (TPSA) is 55.4 Å². The van der Waals surface area contributed by atoms with Crippen molar-refractivity contribution in [1.82, 2.24) is 0 Å². The minimum atomic E-state index is -0.720. The number of benzene rings is 4. The third kappa shape index (κ3) is 7.98. The fourth-order valence-corrected chi connectivity index (χ4v) is 5.32. The van der Waals surface area contributed by atoms with E-state index in [0.29, 0.717) is 33.0 Å². The van der Waals surface area contributed by atoms with Gasteiger partial charge in [0, 0.05) is 5.56 Å². The van der Waals surface area contributed by atoms with E-state index in [1.807, 2.05) is 115 Å². The van der Waals surface area contributed by atoms with E-state index in [1.165, 1.54) is 0 Å². The van der Waals surface area contributed by atoms with Crippen molar-refractivity contribution in [2.45, 2.75) is 57.1 Å². The Hall–Kier alpha value is -3.80. The molecule has 5 atom stereocenters. The molecule has 4 aromatic rings. The minimum absolute atomic E-state index is 0.192. The zero-order valence-corrected chi connectivity index (χ0v) is 24.0. The number of ether oxygens (including phenoxy) is 6. The summed E-state index contributed by atoms with van der Waals surface area (Å²) in [5.41, 5.74) is 5.13. The van der Waals surface area contributed by atoms with E-state index in [2.05, 4.69) is 11.8 Å². The van der Waals surface area contributed by atoms with Crippen LogP contribution in [0, 0.1) is 11.8 Å². The van der Waals surface area contributed by atoms with E-state index in [1.54, 1.807) is 0 Å². The van der Waals surface area contributed by atoms with Crippen molar-refractivity contribution in [3.63, 3.8) is 0 Å². The average molecular weight is 577 g/mol. The number of hydrogen-bond donors (Lipinski definition) is 0. The first-order valence-electron chi connectivity index (χ1n) is 14.7. The fourth-order valence-electron chi connectivity index (χ4n) is 5.32. The molecule has 1 saturated heterocycles. The first kappa shape index (κ1) is 29.3. The Morgan fingerprint density at radius 1 is 0.628 bits per heavy atom. The van der Waals surface area contributed by atoms with Crippen molar-refractivity contribution in [1.29, 1.82) is 0 Å². The smallest absolute Gasteiger partial charge is 0.188 e. The lowest BCUT2D eigenvalue weighted by Crippen LogP contribution is -2.61. The average Bonchev–Trinajstić information content (AvgIpc) is 3.06. The molecule has 6 heteroatoms. The molecular formula is C37H36O6. The van der Waals surface area contributed by atoms with E-state index in [-0.39, 0.29) is 6.61 Å². The van der Waals surface area contributed by atoms with Crippen molar-refractivity contribution in [2.24, 2.45) is 0 Å². The van der Waals surface area contributed by atoms with E-state index >= 15 is 0 Å². The van der Waals surface area contributed by atoms with Crippen molar-refractivity contribution in [3.05, 3.63) is 143 Å². The highest BCUT2D eigenvalue weighted by atomic mass is 16.7. The molecule has 0 unspecified atom stereocenters. The highest BCUT2D eigenvalue weighted by Crippen LogP contribution is 2.32. The summed E-state index contributed by atoms with van der Waals surface area (Å²) in [4.78, 5) is 0. The Labute approximate surface area is 253 Å². The number of rotatable bonds is 10. The maximum absolute atomic E-state index is 6.69. The molecule has 2 aliphatic rings. The van der Waals surface area contributed by atoms with Crippen LogP contribution in [0.15, 0.2) is 115 Å². The van der Waals surface area contributed by atoms with Crippen LogP contribution >= 0.6 is 0 Å². The van der Waals surface area contributed by atoms with Crippen LogP contribution in [0.1, 0.15) is 27.8 Å². The first-order valence-corrected chi connectivity index (χ1v) is 14.7. The summed E-state index contributed by atoms with van der Waals surface area (Å²) in [6, 6.07) is 38.3. The third-order valence-electron chi connectivity index (χ3n) is 7.55. The molecule has 0 aromatic heterocycles. The molecular weight excluding hydrogens is 540 g/mol. The summed E-state index contributed by atoms with van der Waals surface area (Å²) in [6.07, 6.45) is -2.76. The Morgan fingerprint density at radius 3 is 1.88 bits per heavy atom. The molecule has 4 aromatic carbocycles. The van der Waals surface area contributed by atoms with E-state index in [9.17, 15) is 0 Å². The van der Waals surface area contributed by atoms with Gasteiger partial charge in [-0.1, -0.05) is 121 Å². The van der Waals surface area contributed by atoms with Crippen molar-refractivity contribution in [2.75, 3.05) is 13.2 Å². The van der Waals surface area contributed by atoms with Gasteiger partial charge in [-0.3, -0.25) is 0 Å². The van der Waals surface area contributed by atoms with Crippen LogP contribution < -0.4 is 0 Å². The van der Waals surface area contributed by atoms with Crippen molar-refractivity contribution >= 4 is 0 Å². The van der Waals surface area contributed by atoms with Gasteiger partial charge < -0.3 is 28.4 Å². The van der Waals surface area contributed by atoms with Crippen LogP contribution in [0.2, 0.25) is 0 Å². The van der Waals surface area contributed by atoms with Gasteiger partial charge in [0.25, 0.3) is 0 Å². The summed E-state index contributed by atoms with van der Waals surface area (Å²) in [7, 11) is 0.